The lowest BCUT2D eigenvalue weighted by Crippen LogP contribution is -2.32. The van der Waals surface area contributed by atoms with Crippen molar-refractivity contribution in [3.05, 3.63) is 0 Å². The van der Waals surface area contributed by atoms with Crippen LogP contribution in [0.4, 0.5) is 0 Å². The molecule has 6 heteroatoms. The summed E-state index contributed by atoms with van der Waals surface area (Å²) in [6.07, 6.45) is 2.71. The number of rotatable bonds is 11. The van der Waals surface area contributed by atoms with Crippen LogP contribution >= 0.6 is 0 Å². The van der Waals surface area contributed by atoms with Crippen LogP contribution in [0.5, 0.6) is 0 Å². The summed E-state index contributed by atoms with van der Waals surface area (Å²) in [7, 11) is 0. The highest BCUT2D eigenvalue weighted by Crippen LogP contribution is 2.12. The molecule has 0 saturated heterocycles. The van der Waals surface area contributed by atoms with Gasteiger partial charge in [-0.1, -0.05) is 6.42 Å². The monoisotopic (exact) mass is 261 g/mol. The second-order valence-electron chi connectivity index (χ2n) is 4.69. The number of Topliss-reactive ketones (excluding diaryl/α,β-unsaturated/α-hetero) is 1. The Balaban J connectivity index is 0. The van der Waals surface area contributed by atoms with Crippen molar-refractivity contribution in [1.82, 2.24) is 5.32 Å². The van der Waals surface area contributed by atoms with E-state index in [2.05, 4.69) is 10.2 Å². The van der Waals surface area contributed by atoms with Crippen LogP contribution in [-0.2, 0) is 14.4 Å². The van der Waals surface area contributed by atoms with Gasteiger partial charge in [-0.15, -0.1) is 0 Å². The van der Waals surface area contributed by atoms with E-state index in [1.165, 1.54) is 6.92 Å². The molecule has 0 aromatic heterocycles. The smallest absolute Gasteiger partial charge is 0.220 e. The number of carbonyl (C=O) groups is 2. The van der Waals surface area contributed by atoms with Gasteiger partial charge in [0.15, 0.2) is 0 Å². The number of unbranched alkanes of at least 4 members (excludes halogenated alkanes) is 1. The Labute approximate surface area is 110 Å². The average Bonchev–Trinajstić information content (AvgIpc) is 2.26. The van der Waals surface area contributed by atoms with Crippen molar-refractivity contribution in [2.24, 2.45) is 17.5 Å². The zero-order valence-electron chi connectivity index (χ0n) is 11.3. The lowest BCUT2D eigenvalue weighted by Gasteiger charge is -2.13. The first-order chi connectivity index (χ1) is 8.47. The van der Waals surface area contributed by atoms with Gasteiger partial charge in [0, 0.05) is 19.8 Å². The third-order valence-electron chi connectivity index (χ3n) is 2.75. The van der Waals surface area contributed by atoms with E-state index in [9.17, 15) is 9.59 Å². The molecule has 0 radical (unpaired) electrons. The minimum atomic E-state index is -0.386. The topological polar surface area (TPSA) is 107 Å². The molecule has 0 spiro atoms. The zero-order chi connectivity index (χ0) is 14.0. The van der Waals surface area contributed by atoms with Crippen molar-refractivity contribution in [3.8, 4) is 0 Å². The van der Waals surface area contributed by atoms with Crippen LogP contribution < -0.4 is 16.9 Å². The standard InChI is InChI=1S/C12H25N3O3.H2/c1-9(8-18-14)15-6-4-3-5-11(12(13)17)7-10(2)16;/h9,11,15H,3-8,14H2,1-2H3,(H2,13,17);1H. The molecule has 0 rings (SSSR count). The van der Waals surface area contributed by atoms with Gasteiger partial charge in [0.2, 0.25) is 5.91 Å². The molecule has 0 aromatic carbocycles. The number of ketones is 1. The van der Waals surface area contributed by atoms with Crippen LogP contribution in [0.3, 0.4) is 0 Å². The van der Waals surface area contributed by atoms with Gasteiger partial charge in [-0.25, -0.2) is 5.90 Å². The summed E-state index contributed by atoms with van der Waals surface area (Å²) in [5.41, 5.74) is 5.25. The molecule has 108 valence electrons. The number of hydrogen-bond acceptors (Lipinski definition) is 5. The highest BCUT2D eigenvalue weighted by atomic mass is 16.6. The Bertz CT molecular complexity index is 265. The summed E-state index contributed by atoms with van der Waals surface area (Å²) >= 11 is 0. The van der Waals surface area contributed by atoms with Crippen LogP contribution in [0.2, 0.25) is 0 Å². The lowest BCUT2D eigenvalue weighted by molar-refractivity contribution is -0.126. The number of hydrogen-bond donors (Lipinski definition) is 3. The molecule has 0 aliphatic rings. The summed E-state index contributed by atoms with van der Waals surface area (Å²) in [4.78, 5) is 26.6. The maximum absolute atomic E-state index is 11.1. The van der Waals surface area contributed by atoms with Gasteiger partial charge in [-0.3, -0.25) is 4.79 Å². The molecule has 2 unspecified atom stereocenters. The minimum Gasteiger partial charge on any atom is -0.369 e. The molecule has 0 saturated carbocycles. The van der Waals surface area contributed by atoms with Crippen molar-refractivity contribution in [3.63, 3.8) is 0 Å². The largest absolute Gasteiger partial charge is 0.369 e. The van der Waals surface area contributed by atoms with Crippen LogP contribution in [-0.4, -0.2) is 30.9 Å². The first kappa shape index (κ1) is 17.0. The molecule has 0 aliphatic carbocycles. The van der Waals surface area contributed by atoms with E-state index in [0.717, 1.165) is 19.4 Å². The third kappa shape index (κ3) is 9.09. The SMILES string of the molecule is CC(=O)CC(CCCCNC(C)CON)C(N)=O.[HH]. The van der Waals surface area contributed by atoms with E-state index in [4.69, 9.17) is 11.6 Å². The Hall–Kier alpha value is -0.980. The second-order valence-corrected chi connectivity index (χ2v) is 4.69. The highest BCUT2D eigenvalue weighted by molar-refractivity contribution is 5.84. The quantitative estimate of drug-likeness (QED) is 0.367. The summed E-state index contributed by atoms with van der Waals surface area (Å²) in [6.45, 7) is 4.76. The number of carbonyl (C=O) groups excluding carboxylic acids is 2. The number of nitrogens with one attached hydrogen (secondary N) is 1. The van der Waals surface area contributed by atoms with Gasteiger partial charge >= 0.3 is 0 Å². The fraction of sp³-hybridized carbons (Fsp3) is 0.833. The van der Waals surface area contributed by atoms with E-state index < -0.39 is 0 Å². The van der Waals surface area contributed by atoms with Crippen molar-refractivity contribution in [1.29, 1.82) is 0 Å². The molecule has 0 bridgehead atoms. The molecule has 0 fully saturated rings. The lowest BCUT2D eigenvalue weighted by atomic mass is 9.96. The molecule has 1 amide bonds. The molecular weight excluding hydrogens is 234 g/mol. The Kier molecular flexibility index (Phi) is 9.45. The van der Waals surface area contributed by atoms with Crippen molar-refractivity contribution in [2.45, 2.75) is 45.6 Å². The summed E-state index contributed by atoms with van der Waals surface area (Å²) in [5.74, 6) is 4.25. The number of primary amides is 1. The first-order valence-corrected chi connectivity index (χ1v) is 6.31. The summed E-state index contributed by atoms with van der Waals surface area (Å²) < 4.78 is 0. The van der Waals surface area contributed by atoms with Gasteiger partial charge in [-0.2, -0.15) is 0 Å². The van der Waals surface area contributed by atoms with Crippen molar-refractivity contribution < 1.29 is 15.9 Å². The van der Waals surface area contributed by atoms with Gasteiger partial charge < -0.3 is 20.7 Å². The first-order valence-electron chi connectivity index (χ1n) is 6.31. The van der Waals surface area contributed by atoms with Crippen molar-refractivity contribution in [2.75, 3.05) is 13.2 Å². The molecule has 0 aromatic rings. The maximum Gasteiger partial charge on any atom is 0.220 e. The number of nitrogens with two attached hydrogens (primary N) is 2. The van der Waals surface area contributed by atoms with Gasteiger partial charge in [0.25, 0.3) is 0 Å². The molecule has 5 N–H and O–H groups in total. The van der Waals surface area contributed by atoms with Crippen molar-refractivity contribution >= 4 is 11.7 Å². The predicted molar refractivity (Wildman–Crippen MR) is 71.6 cm³/mol. The molecular formula is C12H27N3O3. The van der Waals surface area contributed by atoms with E-state index in [1.54, 1.807) is 0 Å². The molecule has 0 aliphatic heterocycles. The van der Waals surface area contributed by atoms with Crippen LogP contribution in [0.25, 0.3) is 0 Å². The normalized spacial score (nSPS) is 14.2. The maximum atomic E-state index is 11.1. The van der Waals surface area contributed by atoms with E-state index in [-0.39, 0.29) is 31.5 Å². The average molecular weight is 261 g/mol. The Morgan fingerprint density at radius 2 is 2.06 bits per heavy atom. The van der Waals surface area contributed by atoms with Crippen LogP contribution in [0.1, 0.15) is 41.0 Å². The summed E-state index contributed by atoms with van der Waals surface area (Å²) in [5, 5.41) is 3.24. The zero-order valence-corrected chi connectivity index (χ0v) is 11.3. The van der Waals surface area contributed by atoms with Crippen LogP contribution in [0.15, 0.2) is 0 Å². The summed E-state index contributed by atoms with van der Waals surface area (Å²) in [6, 6.07) is 0.208. The molecule has 2 atom stereocenters. The fourth-order valence-electron chi connectivity index (χ4n) is 1.76. The van der Waals surface area contributed by atoms with Crippen LogP contribution in [0, 0.1) is 5.92 Å². The van der Waals surface area contributed by atoms with E-state index >= 15 is 0 Å². The second kappa shape index (κ2) is 9.99. The Morgan fingerprint density at radius 3 is 2.56 bits per heavy atom. The number of amides is 1. The molecule has 0 heterocycles. The highest BCUT2D eigenvalue weighted by Gasteiger charge is 2.16. The van der Waals surface area contributed by atoms with Gasteiger partial charge in [0.05, 0.1) is 6.61 Å². The van der Waals surface area contributed by atoms with E-state index in [1.807, 2.05) is 6.92 Å². The minimum absolute atomic E-state index is 0. The van der Waals surface area contributed by atoms with Gasteiger partial charge in [-0.05, 0) is 33.2 Å². The fourth-order valence-corrected chi connectivity index (χ4v) is 1.76. The predicted octanol–water partition coefficient (Wildman–Crippen LogP) is 0.352. The third-order valence-corrected chi connectivity index (χ3v) is 2.75. The Morgan fingerprint density at radius 1 is 1.39 bits per heavy atom. The van der Waals surface area contributed by atoms with E-state index in [0.29, 0.717) is 13.0 Å². The molecule has 18 heavy (non-hydrogen) atoms. The van der Waals surface area contributed by atoms with Gasteiger partial charge in [0.1, 0.15) is 5.78 Å². The molecule has 6 nitrogen and oxygen atoms in total.